The molecule has 0 saturated heterocycles. The minimum Gasteiger partial charge on any atom is -0.450 e. The van der Waals surface area contributed by atoms with Crippen molar-refractivity contribution in [1.29, 1.82) is 0 Å². The molecule has 0 saturated carbocycles. The molecule has 0 spiro atoms. The van der Waals surface area contributed by atoms with Crippen LogP contribution in [0, 0.1) is 6.92 Å². The summed E-state index contributed by atoms with van der Waals surface area (Å²) in [7, 11) is 0. The molecule has 0 aliphatic rings. The smallest absolute Gasteiger partial charge is 0.411 e. The van der Waals surface area contributed by atoms with E-state index in [-0.39, 0.29) is 13.2 Å². The number of pyridine rings is 1. The molecule has 2 amide bonds. The first-order valence-corrected chi connectivity index (χ1v) is 16.0. The molecule has 4 aromatic carbocycles. The summed E-state index contributed by atoms with van der Waals surface area (Å²) in [6.07, 6.45) is -1.20. The summed E-state index contributed by atoms with van der Waals surface area (Å²) >= 11 is 11.9. The van der Waals surface area contributed by atoms with Gasteiger partial charge < -0.3 is 19.7 Å². The fraction of sp³-hybridized carbons (Fsp3) is 0.229. The normalized spacial score (nSPS) is 10.9. The number of alkyl halides is 2. The van der Waals surface area contributed by atoms with Gasteiger partial charge in [0.1, 0.15) is 6.61 Å². The summed E-state index contributed by atoms with van der Waals surface area (Å²) in [6.45, 7) is 5.28. The molecule has 46 heavy (non-hydrogen) atoms. The van der Waals surface area contributed by atoms with E-state index in [4.69, 9.17) is 37.7 Å². The van der Waals surface area contributed by atoms with E-state index >= 15 is 0 Å². The number of halogens is 2. The second-order valence-corrected chi connectivity index (χ2v) is 11.2. The molecule has 1 heterocycles. The van der Waals surface area contributed by atoms with E-state index in [1.165, 1.54) is 0 Å². The van der Waals surface area contributed by atoms with Gasteiger partial charge in [-0.1, -0.05) is 36.4 Å². The molecule has 0 aliphatic carbocycles. The Morgan fingerprint density at radius 3 is 2.20 bits per heavy atom. The molecule has 0 unspecified atom stereocenters. The number of benzene rings is 4. The van der Waals surface area contributed by atoms with E-state index in [0.717, 1.165) is 38.7 Å². The zero-order chi connectivity index (χ0) is 32.5. The van der Waals surface area contributed by atoms with Gasteiger partial charge in [0.15, 0.2) is 0 Å². The molecule has 0 atom stereocenters. The van der Waals surface area contributed by atoms with Crippen LogP contribution in [0.2, 0.25) is 0 Å². The van der Waals surface area contributed by atoms with Gasteiger partial charge in [0.25, 0.3) is 0 Å². The molecular formula is C35H35Cl2N5O4. The standard InChI is InChI=1S/C35H35Cl2N5O4/c1-3-45-34(43)40-27-20-24(22-46-35(44)39-25-11-13-28(14-12-25)42(17-15-36)18-16-37)19-26(21-27)38-33-29-8-4-5-10-31(29)41-32-23(2)7-6-9-30(32)33/h4-14,19-21H,3,15-18,22H2,1-2H3,(H,38,41)(H,39,44)(H,40,43). The van der Waals surface area contributed by atoms with Crippen LogP contribution >= 0.6 is 23.2 Å². The van der Waals surface area contributed by atoms with E-state index in [9.17, 15) is 9.59 Å². The molecule has 9 nitrogen and oxygen atoms in total. The Morgan fingerprint density at radius 1 is 0.783 bits per heavy atom. The quantitative estimate of drug-likeness (QED) is 0.0906. The summed E-state index contributed by atoms with van der Waals surface area (Å²) in [4.78, 5) is 32.1. The first-order valence-electron chi connectivity index (χ1n) is 14.9. The monoisotopic (exact) mass is 659 g/mol. The second kappa shape index (κ2) is 15.5. The molecule has 3 N–H and O–H groups in total. The lowest BCUT2D eigenvalue weighted by Crippen LogP contribution is -2.27. The van der Waals surface area contributed by atoms with E-state index in [0.29, 0.717) is 47.5 Å². The van der Waals surface area contributed by atoms with E-state index in [2.05, 4.69) is 20.9 Å². The lowest BCUT2D eigenvalue weighted by molar-refractivity contribution is 0.155. The number of hydrogen-bond acceptors (Lipinski definition) is 7. The van der Waals surface area contributed by atoms with Gasteiger partial charge in [-0.2, -0.15) is 0 Å². The van der Waals surface area contributed by atoms with Crippen molar-refractivity contribution in [1.82, 2.24) is 4.98 Å². The average molecular weight is 661 g/mol. The molecule has 0 bridgehead atoms. The van der Waals surface area contributed by atoms with E-state index in [1.54, 1.807) is 31.2 Å². The van der Waals surface area contributed by atoms with Crippen molar-refractivity contribution in [3.05, 3.63) is 96.1 Å². The minimum atomic E-state index is -0.619. The third-order valence-corrected chi connectivity index (χ3v) is 7.59. The van der Waals surface area contributed by atoms with E-state index in [1.807, 2.05) is 67.6 Å². The van der Waals surface area contributed by atoms with Crippen LogP contribution in [0.25, 0.3) is 21.8 Å². The lowest BCUT2D eigenvalue weighted by Gasteiger charge is -2.23. The van der Waals surface area contributed by atoms with Crippen molar-refractivity contribution < 1.29 is 19.1 Å². The SMILES string of the molecule is CCOC(=O)Nc1cc(COC(=O)Nc2ccc(N(CCCl)CCCl)cc2)cc(Nc2c3ccccc3nc3c(C)cccc23)c1. The number of aromatic nitrogens is 1. The van der Waals surface area contributed by atoms with E-state index < -0.39 is 12.2 Å². The average Bonchev–Trinajstić information content (AvgIpc) is 3.04. The Kier molecular flexibility index (Phi) is 11.0. The molecule has 0 aliphatic heterocycles. The highest BCUT2D eigenvalue weighted by molar-refractivity contribution is 6.18. The van der Waals surface area contributed by atoms with Crippen LogP contribution in [0.3, 0.4) is 0 Å². The number of nitrogens with zero attached hydrogens (tertiary/aromatic N) is 2. The highest BCUT2D eigenvalue weighted by Crippen LogP contribution is 2.35. The van der Waals surface area contributed by atoms with Crippen LogP contribution in [0.1, 0.15) is 18.1 Å². The van der Waals surface area contributed by atoms with Crippen LogP contribution in [0.4, 0.5) is 38.0 Å². The maximum absolute atomic E-state index is 12.8. The Bertz CT molecular complexity index is 1830. The van der Waals surface area contributed by atoms with Crippen molar-refractivity contribution in [2.45, 2.75) is 20.5 Å². The topological polar surface area (TPSA) is 105 Å². The van der Waals surface area contributed by atoms with Crippen molar-refractivity contribution in [3.8, 4) is 0 Å². The number of fused-ring (bicyclic) bond motifs is 2. The zero-order valence-electron chi connectivity index (χ0n) is 25.6. The molecule has 5 aromatic rings. The van der Waals surface area contributed by atoms with Crippen LogP contribution in [-0.2, 0) is 16.1 Å². The van der Waals surface area contributed by atoms with Gasteiger partial charge in [-0.25, -0.2) is 14.6 Å². The number of carbonyl (C=O) groups excluding carboxylic acids is 2. The summed E-state index contributed by atoms with van der Waals surface area (Å²) < 4.78 is 10.7. The van der Waals surface area contributed by atoms with Gasteiger partial charge in [0.05, 0.1) is 23.3 Å². The van der Waals surface area contributed by atoms with Gasteiger partial charge in [0, 0.05) is 58.4 Å². The Morgan fingerprint density at radius 2 is 1.46 bits per heavy atom. The summed E-state index contributed by atoms with van der Waals surface area (Å²) in [5, 5.41) is 11.0. The van der Waals surface area contributed by atoms with Crippen LogP contribution < -0.4 is 20.9 Å². The number of para-hydroxylation sites is 2. The fourth-order valence-electron chi connectivity index (χ4n) is 5.17. The summed E-state index contributed by atoms with van der Waals surface area (Å²) in [5.41, 5.74) is 7.03. The molecule has 1 aromatic heterocycles. The fourth-order valence-corrected chi connectivity index (χ4v) is 5.58. The zero-order valence-corrected chi connectivity index (χ0v) is 27.1. The number of anilines is 5. The number of hydrogen-bond donors (Lipinski definition) is 3. The number of ether oxygens (including phenoxy) is 2. The highest BCUT2D eigenvalue weighted by Gasteiger charge is 2.14. The first kappa shape index (κ1) is 32.7. The van der Waals surface area contributed by atoms with Crippen molar-refractivity contribution in [3.63, 3.8) is 0 Å². The Balaban J connectivity index is 1.37. The molecule has 11 heteroatoms. The number of aryl methyl sites for hydroxylation is 1. The number of nitrogens with one attached hydrogen (secondary N) is 3. The largest absolute Gasteiger partial charge is 0.450 e. The second-order valence-electron chi connectivity index (χ2n) is 10.5. The molecule has 5 rings (SSSR count). The molecule has 238 valence electrons. The lowest BCUT2D eigenvalue weighted by atomic mass is 10.0. The van der Waals surface area contributed by atoms with Gasteiger partial charge in [-0.05, 0) is 73.5 Å². The maximum atomic E-state index is 12.8. The maximum Gasteiger partial charge on any atom is 0.411 e. The van der Waals surface area contributed by atoms with Crippen molar-refractivity contribution in [2.24, 2.45) is 0 Å². The minimum absolute atomic E-state index is 0.0485. The predicted molar refractivity (Wildman–Crippen MR) is 188 cm³/mol. The van der Waals surface area contributed by atoms with Gasteiger partial charge in [-0.15, -0.1) is 23.2 Å². The molecule has 0 fully saturated rings. The number of rotatable bonds is 12. The van der Waals surface area contributed by atoms with Gasteiger partial charge in [0.2, 0.25) is 0 Å². The van der Waals surface area contributed by atoms with Crippen LogP contribution in [0.15, 0.2) is 84.9 Å². The first-order chi connectivity index (χ1) is 22.4. The van der Waals surface area contributed by atoms with Gasteiger partial charge >= 0.3 is 12.2 Å². The predicted octanol–water partition coefficient (Wildman–Crippen LogP) is 9.04. The summed E-state index contributed by atoms with van der Waals surface area (Å²) in [5.74, 6) is 0.957. The Hall–Kier alpha value is -4.73. The molecule has 0 radical (unpaired) electrons. The van der Waals surface area contributed by atoms with Crippen molar-refractivity contribution in [2.75, 3.05) is 52.3 Å². The van der Waals surface area contributed by atoms with Gasteiger partial charge in [-0.3, -0.25) is 10.6 Å². The number of amides is 2. The summed E-state index contributed by atoms with van der Waals surface area (Å²) in [6, 6.07) is 26.8. The Labute approximate surface area is 277 Å². The highest BCUT2D eigenvalue weighted by atomic mass is 35.5. The third-order valence-electron chi connectivity index (χ3n) is 7.25. The third kappa shape index (κ3) is 8.10. The van der Waals surface area contributed by atoms with Crippen molar-refractivity contribution >= 4 is 85.6 Å². The van der Waals surface area contributed by atoms with Crippen LogP contribution in [-0.4, -0.2) is 48.6 Å². The van der Waals surface area contributed by atoms with Crippen LogP contribution in [0.5, 0.6) is 0 Å². The molecular weight excluding hydrogens is 625 g/mol. The number of carbonyl (C=O) groups is 2.